The molecule has 0 radical (unpaired) electrons. The van der Waals surface area contributed by atoms with E-state index in [1.54, 1.807) is 43.4 Å². The first-order chi connectivity index (χ1) is 11.6. The molecule has 0 aliphatic rings. The van der Waals surface area contributed by atoms with E-state index in [1.165, 1.54) is 25.2 Å². The quantitative estimate of drug-likeness (QED) is 0.781. The van der Waals surface area contributed by atoms with Crippen LogP contribution in [0.4, 0.5) is 4.39 Å². The van der Waals surface area contributed by atoms with Crippen molar-refractivity contribution in [1.29, 1.82) is 0 Å². The summed E-state index contributed by atoms with van der Waals surface area (Å²) in [5.74, 6) is 0.600. The standard InChI is InChI=1S/C18H20FNO4/c1-20(10-11-24-15-7-5-4-6-14(15)19)18(21)13-8-9-16(22-2)17(12-13)23-3/h4-9,12H,10-11H2,1-3H3. The lowest BCUT2D eigenvalue weighted by Gasteiger charge is -2.18. The lowest BCUT2D eigenvalue weighted by Crippen LogP contribution is -2.31. The van der Waals surface area contributed by atoms with Crippen molar-refractivity contribution in [3.8, 4) is 17.2 Å². The SMILES string of the molecule is COc1ccc(C(=O)N(C)CCOc2ccccc2F)cc1OC. The van der Waals surface area contributed by atoms with Gasteiger partial charge in [0.1, 0.15) is 6.61 Å². The molecule has 1 amide bonds. The first kappa shape index (κ1) is 17.6. The van der Waals surface area contributed by atoms with Crippen LogP contribution in [0.25, 0.3) is 0 Å². The minimum absolute atomic E-state index is 0.171. The molecule has 0 aromatic heterocycles. The summed E-state index contributed by atoms with van der Waals surface area (Å²) in [6.45, 7) is 0.512. The highest BCUT2D eigenvalue weighted by atomic mass is 19.1. The minimum Gasteiger partial charge on any atom is -0.493 e. The highest BCUT2D eigenvalue weighted by Crippen LogP contribution is 2.27. The van der Waals surface area contributed by atoms with Crippen molar-refractivity contribution >= 4 is 5.91 Å². The lowest BCUT2D eigenvalue weighted by atomic mass is 10.2. The van der Waals surface area contributed by atoms with Gasteiger partial charge in [-0.15, -0.1) is 0 Å². The Kier molecular flexibility index (Phi) is 6.01. The van der Waals surface area contributed by atoms with Crippen molar-refractivity contribution in [2.24, 2.45) is 0 Å². The van der Waals surface area contributed by atoms with Crippen LogP contribution in [-0.2, 0) is 0 Å². The van der Waals surface area contributed by atoms with Crippen molar-refractivity contribution < 1.29 is 23.4 Å². The maximum atomic E-state index is 13.5. The topological polar surface area (TPSA) is 48.0 Å². The van der Waals surface area contributed by atoms with Crippen molar-refractivity contribution in [3.63, 3.8) is 0 Å². The van der Waals surface area contributed by atoms with Gasteiger partial charge in [-0.2, -0.15) is 0 Å². The molecule has 5 nitrogen and oxygen atoms in total. The van der Waals surface area contributed by atoms with Gasteiger partial charge in [-0.1, -0.05) is 12.1 Å². The van der Waals surface area contributed by atoms with E-state index < -0.39 is 5.82 Å². The first-order valence-corrected chi connectivity index (χ1v) is 7.41. The number of ether oxygens (including phenoxy) is 3. The number of para-hydroxylation sites is 1. The molecular formula is C18H20FNO4. The van der Waals surface area contributed by atoms with Crippen LogP contribution in [0, 0.1) is 5.82 Å². The summed E-state index contributed by atoms with van der Waals surface area (Å²) in [5, 5.41) is 0. The van der Waals surface area contributed by atoms with Gasteiger partial charge in [0.25, 0.3) is 5.91 Å². The van der Waals surface area contributed by atoms with Gasteiger partial charge < -0.3 is 19.1 Å². The largest absolute Gasteiger partial charge is 0.493 e. The van der Waals surface area contributed by atoms with Crippen LogP contribution in [0.5, 0.6) is 17.2 Å². The van der Waals surface area contributed by atoms with Gasteiger partial charge in [0.2, 0.25) is 0 Å². The third kappa shape index (κ3) is 4.16. The van der Waals surface area contributed by atoms with Crippen molar-refractivity contribution in [3.05, 3.63) is 53.8 Å². The number of likely N-dealkylation sites (N-methyl/N-ethyl adjacent to an activating group) is 1. The third-order valence-electron chi connectivity index (χ3n) is 3.50. The van der Waals surface area contributed by atoms with Gasteiger partial charge in [0, 0.05) is 12.6 Å². The number of carbonyl (C=O) groups is 1. The second-order valence-corrected chi connectivity index (χ2v) is 5.08. The fourth-order valence-electron chi connectivity index (χ4n) is 2.15. The lowest BCUT2D eigenvalue weighted by molar-refractivity contribution is 0.0772. The van der Waals surface area contributed by atoms with E-state index in [0.29, 0.717) is 23.6 Å². The molecule has 0 saturated heterocycles. The summed E-state index contributed by atoms with van der Waals surface area (Å²) >= 11 is 0. The van der Waals surface area contributed by atoms with Crippen LogP contribution in [0.1, 0.15) is 10.4 Å². The second-order valence-electron chi connectivity index (χ2n) is 5.08. The summed E-state index contributed by atoms with van der Waals surface area (Å²) in [5.41, 5.74) is 0.473. The molecular weight excluding hydrogens is 313 g/mol. The van der Waals surface area contributed by atoms with Gasteiger partial charge in [-0.25, -0.2) is 4.39 Å². The Hall–Kier alpha value is -2.76. The number of hydrogen-bond donors (Lipinski definition) is 0. The zero-order valence-corrected chi connectivity index (χ0v) is 13.9. The molecule has 6 heteroatoms. The number of halogens is 1. The van der Waals surface area contributed by atoms with Crippen LogP contribution in [0.3, 0.4) is 0 Å². The van der Waals surface area contributed by atoms with Gasteiger partial charge in [0.05, 0.1) is 20.8 Å². The van der Waals surface area contributed by atoms with Crippen LogP contribution in [0.2, 0.25) is 0 Å². The summed E-state index contributed by atoms with van der Waals surface area (Å²) in [4.78, 5) is 13.9. The monoisotopic (exact) mass is 333 g/mol. The summed E-state index contributed by atoms with van der Waals surface area (Å²) in [6, 6.07) is 11.1. The van der Waals surface area contributed by atoms with E-state index in [0.717, 1.165) is 0 Å². The molecule has 2 aromatic rings. The molecule has 0 heterocycles. The molecule has 2 rings (SSSR count). The molecule has 2 aromatic carbocycles. The van der Waals surface area contributed by atoms with E-state index in [-0.39, 0.29) is 18.3 Å². The number of nitrogens with zero attached hydrogens (tertiary/aromatic N) is 1. The maximum absolute atomic E-state index is 13.5. The second kappa shape index (κ2) is 8.19. The van der Waals surface area contributed by atoms with E-state index in [2.05, 4.69) is 0 Å². The highest BCUT2D eigenvalue weighted by molar-refractivity contribution is 5.94. The number of methoxy groups -OCH3 is 2. The predicted octanol–water partition coefficient (Wildman–Crippen LogP) is 2.99. The summed E-state index contributed by atoms with van der Waals surface area (Å²) < 4.78 is 29.2. The van der Waals surface area contributed by atoms with Gasteiger partial charge in [-0.3, -0.25) is 4.79 Å². The fraction of sp³-hybridized carbons (Fsp3) is 0.278. The average Bonchev–Trinajstić information content (AvgIpc) is 2.61. The Morgan fingerprint density at radius 1 is 1.04 bits per heavy atom. The first-order valence-electron chi connectivity index (χ1n) is 7.41. The van der Waals surface area contributed by atoms with Gasteiger partial charge in [-0.05, 0) is 30.3 Å². The Bertz CT molecular complexity index is 705. The smallest absolute Gasteiger partial charge is 0.253 e. The molecule has 0 atom stereocenters. The zero-order chi connectivity index (χ0) is 17.5. The molecule has 128 valence electrons. The number of benzene rings is 2. The van der Waals surface area contributed by atoms with E-state index in [9.17, 15) is 9.18 Å². The summed E-state index contributed by atoms with van der Waals surface area (Å²) in [7, 11) is 4.70. The molecule has 0 aliphatic carbocycles. The molecule has 0 bridgehead atoms. The number of amides is 1. The van der Waals surface area contributed by atoms with Crippen LogP contribution < -0.4 is 14.2 Å². The Morgan fingerprint density at radius 2 is 1.75 bits per heavy atom. The van der Waals surface area contributed by atoms with E-state index in [4.69, 9.17) is 14.2 Å². The average molecular weight is 333 g/mol. The van der Waals surface area contributed by atoms with Crippen LogP contribution >= 0.6 is 0 Å². The Labute approximate surface area is 140 Å². The van der Waals surface area contributed by atoms with Crippen molar-refractivity contribution in [2.45, 2.75) is 0 Å². The van der Waals surface area contributed by atoms with Crippen molar-refractivity contribution in [2.75, 3.05) is 34.4 Å². The minimum atomic E-state index is -0.425. The molecule has 24 heavy (non-hydrogen) atoms. The molecule has 0 unspecified atom stereocenters. The Balaban J connectivity index is 1.96. The van der Waals surface area contributed by atoms with Crippen LogP contribution in [-0.4, -0.2) is 45.2 Å². The number of rotatable bonds is 7. The molecule has 0 N–H and O–H groups in total. The molecule has 0 fully saturated rings. The van der Waals surface area contributed by atoms with E-state index in [1.807, 2.05) is 0 Å². The van der Waals surface area contributed by atoms with Gasteiger partial charge >= 0.3 is 0 Å². The fourth-order valence-corrected chi connectivity index (χ4v) is 2.15. The summed E-state index contributed by atoms with van der Waals surface area (Å²) in [6.07, 6.45) is 0. The number of carbonyl (C=O) groups excluding carboxylic acids is 1. The molecule has 0 spiro atoms. The van der Waals surface area contributed by atoms with E-state index >= 15 is 0 Å². The third-order valence-corrected chi connectivity index (χ3v) is 3.50. The zero-order valence-electron chi connectivity index (χ0n) is 13.9. The molecule has 0 aliphatic heterocycles. The van der Waals surface area contributed by atoms with Crippen molar-refractivity contribution in [1.82, 2.24) is 4.90 Å². The van der Waals surface area contributed by atoms with Crippen LogP contribution in [0.15, 0.2) is 42.5 Å². The number of hydrogen-bond acceptors (Lipinski definition) is 4. The predicted molar refractivity (Wildman–Crippen MR) is 88.4 cm³/mol. The molecule has 0 saturated carbocycles. The van der Waals surface area contributed by atoms with Gasteiger partial charge in [0.15, 0.2) is 23.1 Å². The normalized spacial score (nSPS) is 10.2. The highest BCUT2D eigenvalue weighted by Gasteiger charge is 2.15. The Morgan fingerprint density at radius 3 is 2.42 bits per heavy atom. The maximum Gasteiger partial charge on any atom is 0.253 e.